The van der Waals surface area contributed by atoms with Crippen LogP contribution in [0.4, 0.5) is 0 Å². The molecule has 0 heterocycles. The second kappa shape index (κ2) is 81.6. The number of carbonyl (C=O) groups excluding carboxylic acids is 4. The Balaban J connectivity index is 5.24. The first kappa shape index (κ1) is 106. The van der Waals surface area contributed by atoms with Gasteiger partial charge in [-0.25, -0.2) is 9.13 Å². The number of rotatable bonds is 89. The summed E-state index contributed by atoms with van der Waals surface area (Å²) in [5, 5.41) is 10.7. The van der Waals surface area contributed by atoms with E-state index < -0.39 is 97.5 Å². The average molecular weight is 1580 g/mol. The summed E-state index contributed by atoms with van der Waals surface area (Å²) < 4.78 is 69.0. The van der Waals surface area contributed by atoms with Gasteiger partial charge in [0.15, 0.2) is 12.2 Å². The topological polar surface area (TPSA) is 237 Å². The van der Waals surface area contributed by atoms with Crippen molar-refractivity contribution in [2.75, 3.05) is 39.6 Å². The molecule has 0 spiro atoms. The minimum absolute atomic E-state index is 0.109. The van der Waals surface area contributed by atoms with E-state index in [4.69, 9.17) is 37.0 Å². The third-order valence-corrected chi connectivity index (χ3v) is 22.9. The summed E-state index contributed by atoms with van der Waals surface area (Å²) >= 11 is 0. The van der Waals surface area contributed by atoms with Crippen molar-refractivity contribution in [1.82, 2.24) is 0 Å². The van der Waals surface area contributed by atoms with Crippen LogP contribution < -0.4 is 0 Å². The Morgan fingerprint density at radius 1 is 0.250 bits per heavy atom. The van der Waals surface area contributed by atoms with Crippen molar-refractivity contribution in [1.29, 1.82) is 0 Å². The molecule has 3 N–H and O–H groups in total. The molecule has 0 rings (SSSR count). The van der Waals surface area contributed by atoms with Crippen LogP contribution >= 0.6 is 15.6 Å². The fourth-order valence-corrected chi connectivity index (χ4v) is 15.6. The first-order valence-corrected chi connectivity index (χ1v) is 49.1. The average Bonchev–Trinajstić information content (AvgIpc) is 0.900. The predicted octanol–water partition coefficient (Wildman–Crippen LogP) is 27.5. The molecule has 0 aromatic heterocycles. The van der Waals surface area contributed by atoms with Crippen LogP contribution in [0.2, 0.25) is 0 Å². The van der Waals surface area contributed by atoms with E-state index in [2.05, 4.69) is 34.6 Å². The quantitative estimate of drug-likeness (QED) is 0.0222. The van der Waals surface area contributed by atoms with E-state index in [0.717, 1.165) is 95.8 Å². The van der Waals surface area contributed by atoms with Gasteiger partial charge in [0.25, 0.3) is 0 Å². The van der Waals surface area contributed by atoms with Crippen LogP contribution in [0.25, 0.3) is 0 Å². The van der Waals surface area contributed by atoms with E-state index in [1.54, 1.807) is 0 Å². The molecule has 108 heavy (non-hydrogen) atoms. The predicted molar refractivity (Wildman–Crippen MR) is 446 cm³/mol. The van der Waals surface area contributed by atoms with Crippen molar-refractivity contribution in [3.8, 4) is 0 Å². The highest BCUT2D eigenvalue weighted by molar-refractivity contribution is 7.47. The molecular formula is C89H174O17P2. The van der Waals surface area contributed by atoms with Crippen molar-refractivity contribution in [2.24, 2.45) is 5.92 Å². The number of phosphoric ester groups is 2. The van der Waals surface area contributed by atoms with Crippen molar-refractivity contribution >= 4 is 39.5 Å². The van der Waals surface area contributed by atoms with Gasteiger partial charge in [0, 0.05) is 25.7 Å². The van der Waals surface area contributed by atoms with E-state index in [-0.39, 0.29) is 25.7 Å². The van der Waals surface area contributed by atoms with E-state index in [9.17, 15) is 43.2 Å². The number of hydrogen-bond donors (Lipinski definition) is 3. The van der Waals surface area contributed by atoms with Crippen molar-refractivity contribution in [3.63, 3.8) is 0 Å². The van der Waals surface area contributed by atoms with Gasteiger partial charge in [0.2, 0.25) is 0 Å². The normalized spacial score (nSPS) is 13.7. The van der Waals surface area contributed by atoms with E-state index >= 15 is 0 Å². The molecule has 0 saturated carbocycles. The summed E-state index contributed by atoms with van der Waals surface area (Å²) in [6, 6.07) is 0. The maximum Gasteiger partial charge on any atom is 0.472 e. The van der Waals surface area contributed by atoms with Crippen LogP contribution in [0.3, 0.4) is 0 Å². The molecule has 5 atom stereocenters. The molecule has 0 radical (unpaired) electrons. The molecule has 2 unspecified atom stereocenters. The van der Waals surface area contributed by atoms with Crippen LogP contribution in [0.5, 0.6) is 0 Å². The smallest absolute Gasteiger partial charge is 0.462 e. The van der Waals surface area contributed by atoms with Gasteiger partial charge in [-0.2, -0.15) is 0 Å². The Hall–Kier alpha value is -1.94. The summed E-state index contributed by atoms with van der Waals surface area (Å²) in [4.78, 5) is 73.4. The number of esters is 4. The molecule has 0 aromatic carbocycles. The van der Waals surface area contributed by atoms with Crippen LogP contribution in [0.15, 0.2) is 0 Å². The number of phosphoric acid groups is 2. The van der Waals surface area contributed by atoms with Crippen molar-refractivity contribution < 1.29 is 80.2 Å². The maximum absolute atomic E-state index is 13.2. The van der Waals surface area contributed by atoms with Gasteiger partial charge in [-0.1, -0.05) is 433 Å². The van der Waals surface area contributed by atoms with Crippen LogP contribution in [0, 0.1) is 5.92 Å². The molecule has 19 heteroatoms. The summed E-state index contributed by atoms with van der Waals surface area (Å²) in [5.41, 5.74) is 0. The third kappa shape index (κ3) is 82.1. The second-order valence-corrected chi connectivity index (χ2v) is 35.4. The third-order valence-electron chi connectivity index (χ3n) is 21.0. The van der Waals surface area contributed by atoms with Gasteiger partial charge in [-0.15, -0.1) is 0 Å². The highest BCUT2D eigenvalue weighted by Gasteiger charge is 2.30. The highest BCUT2D eigenvalue weighted by atomic mass is 31.2. The molecule has 17 nitrogen and oxygen atoms in total. The second-order valence-electron chi connectivity index (χ2n) is 32.5. The number of ether oxygens (including phenoxy) is 4. The molecule has 0 saturated heterocycles. The Kier molecular flexibility index (Phi) is 80.2. The summed E-state index contributed by atoms with van der Waals surface area (Å²) in [6.07, 6.45) is 76.5. The van der Waals surface area contributed by atoms with E-state index in [1.165, 1.54) is 308 Å². The molecule has 0 fully saturated rings. The van der Waals surface area contributed by atoms with Gasteiger partial charge in [-0.05, 0) is 31.6 Å². The summed E-state index contributed by atoms with van der Waals surface area (Å²) in [7, 11) is -9.93. The Bertz CT molecular complexity index is 2050. The van der Waals surface area contributed by atoms with Gasteiger partial charge in [-0.3, -0.25) is 37.3 Å². The highest BCUT2D eigenvalue weighted by Crippen LogP contribution is 2.45. The van der Waals surface area contributed by atoms with Gasteiger partial charge in [0.1, 0.15) is 19.3 Å². The molecule has 0 amide bonds. The Labute approximate surface area is 664 Å². The van der Waals surface area contributed by atoms with Crippen molar-refractivity contribution in [2.45, 2.75) is 502 Å². The lowest BCUT2D eigenvalue weighted by Crippen LogP contribution is -2.30. The zero-order valence-electron chi connectivity index (χ0n) is 71.0. The van der Waals surface area contributed by atoms with Crippen molar-refractivity contribution in [3.05, 3.63) is 0 Å². The lowest BCUT2D eigenvalue weighted by molar-refractivity contribution is -0.161. The van der Waals surface area contributed by atoms with Gasteiger partial charge < -0.3 is 33.8 Å². The van der Waals surface area contributed by atoms with Gasteiger partial charge in [0.05, 0.1) is 26.4 Å². The number of hydrogen-bond acceptors (Lipinski definition) is 15. The zero-order chi connectivity index (χ0) is 79.0. The number of unbranched alkanes of at least 4 members (excludes halogenated alkanes) is 61. The first-order valence-electron chi connectivity index (χ1n) is 46.1. The van der Waals surface area contributed by atoms with Crippen LogP contribution in [0.1, 0.15) is 484 Å². The monoisotopic (exact) mass is 1580 g/mol. The summed E-state index contributed by atoms with van der Waals surface area (Å²) in [6.45, 7) is 7.37. The largest absolute Gasteiger partial charge is 0.472 e. The number of aliphatic hydroxyl groups is 1. The lowest BCUT2D eigenvalue weighted by Gasteiger charge is -2.21. The van der Waals surface area contributed by atoms with E-state index in [0.29, 0.717) is 25.7 Å². The lowest BCUT2D eigenvalue weighted by atomic mass is 10.0. The number of carbonyl (C=O) groups is 4. The molecule has 0 aliphatic rings. The summed E-state index contributed by atoms with van der Waals surface area (Å²) in [5.74, 6) is -1.35. The first-order chi connectivity index (χ1) is 52.5. The molecule has 0 aliphatic carbocycles. The van der Waals surface area contributed by atoms with Crippen LogP contribution in [-0.4, -0.2) is 96.7 Å². The number of aliphatic hydroxyl groups excluding tert-OH is 1. The van der Waals surface area contributed by atoms with E-state index in [1.807, 2.05) is 0 Å². The Morgan fingerprint density at radius 2 is 0.426 bits per heavy atom. The minimum Gasteiger partial charge on any atom is -0.462 e. The fraction of sp³-hybridized carbons (Fsp3) is 0.955. The molecule has 0 aliphatic heterocycles. The Morgan fingerprint density at radius 3 is 0.630 bits per heavy atom. The molecule has 0 aromatic rings. The van der Waals surface area contributed by atoms with Crippen LogP contribution in [-0.2, 0) is 65.4 Å². The SMILES string of the molecule is CCCCCCCCCCCCCCCCCCCCCCCCC(=O)O[C@H](COC(=O)CCCCCCCCCCCCCCCCCCCC)COP(=O)(O)OC[C@@H](O)COP(=O)(O)OC[C@@H](COC(=O)CCCCCCCCCCCC(C)C)OC(=O)CCCCCCCCCCCCCCCCCC. The fourth-order valence-electron chi connectivity index (χ4n) is 14.0. The maximum atomic E-state index is 13.2. The zero-order valence-corrected chi connectivity index (χ0v) is 72.8. The molecular weight excluding hydrogens is 1400 g/mol. The molecule has 0 bridgehead atoms. The molecule has 642 valence electrons. The standard InChI is InChI=1S/C89H174O17P2/c1-6-9-12-15-18-21-24-27-30-33-35-36-37-38-40-43-46-49-54-60-65-70-75-88(93)105-84(78-99-86(91)72-67-62-57-52-47-44-42-39-34-31-28-25-22-19-16-13-10-7-2)80-103-107(95,96)101-76-83(90)77-102-108(97,98)104-81-85(79-100-87(92)73-68-63-58-55-50-51-56-61-66-71-82(4)5)106-89(94)74-69-64-59-53-48-45-41-32-29-26-23-20-17-14-11-8-3/h82-85,90H,6-81H2,1-5H3,(H,95,96)(H,97,98)/t83-,84-,85-/m1/s1. The minimum atomic E-state index is -4.97. The van der Waals surface area contributed by atoms with Gasteiger partial charge >= 0.3 is 39.5 Å².